The van der Waals surface area contributed by atoms with Crippen molar-refractivity contribution in [3.05, 3.63) is 28.2 Å². The Balaban J connectivity index is 1.99. The molecule has 1 fully saturated rings. The van der Waals surface area contributed by atoms with Crippen LogP contribution in [0.4, 0.5) is 5.69 Å². The molecule has 0 heterocycles. The van der Waals surface area contributed by atoms with E-state index in [1.165, 1.54) is 19.3 Å². The Hall–Kier alpha value is -1.03. The molecule has 1 aromatic carbocycles. The summed E-state index contributed by atoms with van der Waals surface area (Å²) < 4.78 is 0.627. The molecule has 1 saturated carbocycles. The van der Waals surface area contributed by atoms with Crippen LogP contribution in [-0.4, -0.2) is 17.1 Å². The van der Waals surface area contributed by atoms with Gasteiger partial charge in [-0.05, 0) is 52.9 Å². The highest BCUT2D eigenvalue weighted by atomic mass is 79.9. The summed E-state index contributed by atoms with van der Waals surface area (Å²) in [4.78, 5) is 10.9. The maximum atomic E-state index is 10.9. The zero-order valence-electron chi connectivity index (χ0n) is 9.74. The second kappa shape index (κ2) is 5.08. The van der Waals surface area contributed by atoms with Crippen LogP contribution in [0.1, 0.15) is 36.5 Å². The molecule has 1 aliphatic carbocycles. The molecule has 2 rings (SSSR count). The fourth-order valence-electron chi connectivity index (χ4n) is 2.11. The van der Waals surface area contributed by atoms with Crippen LogP contribution in [0.2, 0.25) is 0 Å². The van der Waals surface area contributed by atoms with E-state index in [1.54, 1.807) is 6.07 Å². The van der Waals surface area contributed by atoms with Gasteiger partial charge in [0.2, 0.25) is 0 Å². The summed E-state index contributed by atoms with van der Waals surface area (Å²) in [6, 6.07) is 5.87. The van der Waals surface area contributed by atoms with E-state index < -0.39 is 5.97 Å². The fraction of sp³-hybridized carbons (Fsp3) is 0.462. The number of carboxylic acids is 1. The van der Waals surface area contributed by atoms with Crippen molar-refractivity contribution < 1.29 is 9.90 Å². The van der Waals surface area contributed by atoms with Crippen molar-refractivity contribution >= 4 is 27.6 Å². The molecule has 0 radical (unpaired) electrons. The number of benzene rings is 1. The second-order valence-electron chi connectivity index (χ2n) is 4.54. The molecule has 0 bridgehead atoms. The lowest BCUT2D eigenvalue weighted by atomic mass is 10.2. The minimum atomic E-state index is -0.904. The molecule has 17 heavy (non-hydrogen) atoms. The van der Waals surface area contributed by atoms with Crippen LogP contribution in [0.25, 0.3) is 0 Å². The summed E-state index contributed by atoms with van der Waals surface area (Å²) in [5, 5.41) is 12.3. The molecule has 92 valence electrons. The third-order valence-corrected chi connectivity index (χ3v) is 3.79. The molecule has 0 saturated heterocycles. The van der Waals surface area contributed by atoms with Crippen molar-refractivity contribution in [1.82, 2.24) is 0 Å². The van der Waals surface area contributed by atoms with Gasteiger partial charge in [0, 0.05) is 16.2 Å². The summed E-state index contributed by atoms with van der Waals surface area (Å²) >= 11 is 3.28. The lowest BCUT2D eigenvalue weighted by Crippen LogP contribution is -2.05. The van der Waals surface area contributed by atoms with Crippen molar-refractivity contribution in [2.75, 3.05) is 5.32 Å². The van der Waals surface area contributed by atoms with Gasteiger partial charge in [-0.3, -0.25) is 0 Å². The number of carboxylic acid groups (broad SMARTS) is 1. The summed E-state index contributed by atoms with van der Waals surface area (Å²) in [6.07, 6.45) is 3.72. The van der Waals surface area contributed by atoms with E-state index in [1.807, 2.05) is 12.1 Å². The lowest BCUT2D eigenvalue weighted by molar-refractivity contribution is 0.0696. The van der Waals surface area contributed by atoms with Gasteiger partial charge in [-0.2, -0.15) is 0 Å². The minimum absolute atomic E-state index is 0.302. The van der Waals surface area contributed by atoms with E-state index >= 15 is 0 Å². The number of carbonyl (C=O) groups is 1. The topological polar surface area (TPSA) is 49.3 Å². The van der Waals surface area contributed by atoms with Gasteiger partial charge >= 0.3 is 5.97 Å². The normalized spacial score (nSPS) is 22.2. The van der Waals surface area contributed by atoms with Gasteiger partial charge in [0.05, 0.1) is 5.56 Å². The van der Waals surface area contributed by atoms with Gasteiger partial charge in [0.25, 0.3) is 0 Å². The quantitative estimate of drug-likeness (QED) is 0.870. The van der Waals surface area contributed by atoms with Gasteiger partial charge in [-0.25, -0.2) is 4.79 Å². The van der Waals surface area contributed by atoms with Crippen molar-refractivity contribution in [1.29, 1.82) is 0 Å². The van der Waals surface area contributed by atoms with Crippen LogP contribution in [0.5, 0.6) is 0 Å². The Bertz CT molecular complexity index is 433. The van der Waals surface area contributed by atoms with E-state index in [9.17, 15) is 4.79 Å². The van der Waals surface area contributed by atoms with Crippen molar-refractivity contribution in [2.24, 2.45) is 5.92 Å². The van der Waals surface area contributed by atoms with Crippen LogP contribution < -0.4 is 5.32 Å². The van der Waals surface area contributed by atoms with Gasteiger partial charge < -0.3 is 10.4 Å². The maximum absolute atomic E-state index is 10.9. The van der Waals surface area contributed by atoms with Gasteiger partial charge in [0.1, 0.15) is 0 Å². The summed E-state index contributed by atoms with van der Waals surface area (Å²) in [5.41, 5.74) is 1.29. The third kappa shape index (κ3) is 3.00. The molecule has 1 aliphatic rings. The second-order valence-corrected chi connectivity index (χ2v) is 5.39. The lowest BCUT2D eigenvalue weighted by Gasteiger charge is -2.07. The summed E-state index contributed by atoms with van der Waals surface area (Å²) in [6.45, 7) is 2.20. The number of hydrogen-bond donors (Lipinski definition) is 2. The molecule has 2 atom stereocenters. The van der Waals surface area contributed by atoms with Crippen LogP contribution in [-0.2, 0) is 0 Å². The number of halogens is 1. The van der Waals surface area contributed by atoms with Crippen molar-refractivity contribution in [3.8, 4) is 0 Å². The first kappa shape index (κ1) is 12.4. The van der Waals surface area contributed by atoms with Gasteiger partial charge in [-0.1, -0.05) is 13.3 Å². The highest BCUT2D eigenvalue weighted by molar-refractivity contribution is 9.10. The van der Waals surface area contributed by atoms with E-state index in [-0.39, 0.29) is 0 Å². The van der Waals surface area contributed by atoms with Crippen molar-refractivity contribution in [2.45, 2.75) is 32.2 Å². The third-order valence-electron chi connectivity index (χ3n) is 3.13. The molecule has 0 spiro atoms. The Kier molecular flexibility index (Phi) is 3.72. The van der Waals surface area contributed by atoms with Crippen LogP contribution in [0.15, 0.2) is 22.7 Å². The number of anilines is 1. The van der Waals surface area contributed by atoms with Gasteiger partial charge in [0.15, 0.2) is 0 Å². The fourth-order valence-corrected chi connectivity index (χ4v) is 2.65. The minimum Gasteiger partial charge on any atom is -0.478 e. The Morgan fingerprint density at radius 2 is 2.35 bits per heavy atom. The SMILES string of the molecule is CCCC1CC1Nc1ccc(C(=O)O)c(Br)c1. The molecule has 4 heteroatoms. The van der Waals surface area contributed by atoms with Crippen molar-refractivity contribution in [3.63, 3.8) is 0 Å². The maximum Gasteiger partial charge on any atom is 0.336 e. The first-order valence-corrected chi connectivity index (χ1v) is 6.70. The van der Waals surface area contributed by atoms with Crippen LogP contribution in [0.3, 0.4) is 0 Å². The first-order chi connectivity index (χ1) is 8.11. The van der Waals surface area contributed by atoms with Crippen LogP contribution in [0, 0.1) is 5.92 Å². The Morgan fingerprint density at radius 3 is 2.94 bits per heavy atom. The molecule has 2 N–H and O–H groups in total. The highest BCUT2D eigenvalue weighted by Gasteiger charge is 2.35. The van der Waals surface area contributed by atoms with E-state index in [2.05, 4.69) is 28.2 Å². The molecule has 2 unspecified atom stereocenters. The standard InChI is InChI=1S/C13H16BrNO2/c1-2-3-8-6-12(8)15-9-4-5-10(13(16)17)11(14)7-9/h4-5,7-8,12,15H,2-3,6H2,1H3,(H,16,17). The number of rotatable bonds is 5. The first-order valence-electron chi connectivity index (χ1n) is 5.91. The predicted molar refractivity (Wildman–Crippen MR) is 71.5 cm³/mol. The summed E-state index contributed by atoms with van der Waals surface area (Å²) in [5.74, 6) is -0.114. The molecule has 0 aliphatic heterocycles. The monoisotopic (exact) mass is 297 g/mol. The number of hydrogen-bond acceptors (Lipinski definition) is 2. The molecular weight excluding hydrogens is 282 g/mol. The summed E-state index contributed by atoms with van der Waals surface area (Å²) in [7, 11) is 0. The molecule has 0 aromatic heterocycles. The Morgan fingerprint density at radius 1 is 1.59 bits per heavy atom. The molecule has 0 amide bonds. The molecule has 3 nitrogen and oxygen atoms in total. The average Bonchev–Trinajstić information content (AvgIpc) is 2.96. The largest absolute Gasteiger partial charge is 0.478 e. The smallest absolute Gasteiger partial charge is 0.336 e. The van der Waals surface area contributed by atoms with E-state index in [4.69, 9.17) is 5.11 Å². The molecule has 1 aromatic rings. The average molecular weight is 298 g/mol. The van der Waals surface area contributed by atoms with Crippen LogP contribution >= 0.6 is 15.9 Å². The number of nitrogens with one attached hydrogen (secondary N) is 1. The van der Waals surface area contributed by atoms with Gasteiger partial charge in [-0.15, -0.1) is 0 Å². The zero-order valence-corrected chi connectivity index (χ0v) is 11.3. The number of aromatic carboxylic acids is 1. The zero-order chi connectivity index (χ0) is 12.4. The molecular formula is C13H16BrNO2. The predicted octanol–water partition coefficient (Wildman–Crippen LogP) is 3.75. The Labute approximate surface area is 109 Å². The van der Waals surface area contributed by atoms with E-state index in [0.29, 0.717) is 16.1 Å². The van der Waals surface area contributed by atoms with E-state index in [0.717, 1.165) is 11.6 Å². The highest BCUT2D eigenvalue weighted by Crippen LogP contribution is 2.37.